The summed E-state index contributed by atoms with van der Waals surface area (Å²) in [6, 6.07) is 15.7. The molecule has 4 atom stereocenters. The van der Waals surface area contributed by atoms with E-state index in [2.05, 4.69) is 10.3 Å². The molecule has 2 aromatic carbocycles. The molecule has 9 nitrogen and oxygen atoms in total. The van der Waals surface area contributed by atoms with Crippen molar-refractivity contribution in [3.63, 3.8) is 0 Å². The molecule has 1 amide bonds. The molecule has 1 fully saturated rings. The van der Waals surface area contributed by atoms with Gasteiger partial charge in [0.1, 0.15) is 23.8 Å². The van der Waals surface area contributed by atoms with Gasteiger partial charge in [-0.2, -0.15) is 0 Å². The van der Waals surface area contributed by atoms with Crippen LogP contribution in [0.15, 0.2) is 66.9 Å². The van der Waals surface area contributed by atoms with E-state index < -0.39 is 35.9 Å². The van der Waals surface area contributed by atoms with E-state index in [1.165, 1.54) is 31.5 Å². The first-order chi connectivity index (χ1) is 18.9. The highest BCUT2D eigenvalue weighted by Crippen LogP contribution is 2.28. The Morgan fingerprint density at radius 3 is 2.62 bits per heavy atom. The van der Waals surface area contributed by atoms with Crippen molar-refractivity contribution in [2.45, 2.75) is 38.0 Å². The molecule has 1 saturated heterocycles. The predicted molar refractivity (Wildman–Crippen MR) is 139 cm³/mol. The van der Waals surface area contributed by atoms with Crippen LogP contribution in [-0.2, 0) is 20.7 Å². The highest BCUT2D eigenvalue weighted by atomic mass is 19.1. The van der Waals surface area contributed by atoms with Crippen LogP contribution in [-0.4, -0.2) is 60.5 Å². The average Bonchev–Trinajstić information content (AvgIpc) is 2.94. The maximum Gasteiger partial charge on any atom is 0.331 e. The van der Waals surface area contributed by atoms with Crippen LogP contribution in [0.2, 0.25) is 0 Å². The number of amides is 1. The van der Waals surface area contributed by atoms with Gasteiger partial charge in [0.25, 0.3) is 5.91 Å². The Labute approximate surface area is 225 Å². The minimum Gasteiger partial charge on any atom is -0.503 e. The summed E-state index contributed by atoms with van der Waals surface area (Å²) in [5.74, 6) is -1.73. The Hall–Kier alpha value is -4.18. The molecule has 10 heteroatoms. The number of esters is 1. The van der Waals surface area contributed by atoms with Crippen molar-refractivity contribution in [2.24, 2.45) is 5.92 Å². The molecular weight excluding hydrogens is 507 g/mol. The zero-order chi connectivity index (χ0) is 27.8. The monoisotopic (exact) mass is 538 g/mol. The lowest BCUT2D eigenvalue weighted by molar-refractivity contribution is -0.160. The number of ether oxygens (including phenoxy) is 4. The Morgan fingerprint density at radius 1 is 1.15 bits per heavy atom. The van der Waals surface area contributed by atoms with Crippen LogP contribution in [0.4, 0.5) is 4.39 Å². The number of para-hydroxylation sites is 1. The van der Waals surface area contributed by atoms with E-state index in [0.717, 1.165) is 5.56 Å². The summed E-state index contributed by atoms with van der Waals surface area (Å²) in [6.45, 7) is 1.87. The smallest absolute Gasteiger partial charge is 0.331 e. The fraction of sp³-hybridized carbons (Fsp3) is 0.345. The molecule has 3 aromatic rings. The Bertz CT molecular complexity index is 1260. The SMILES string of the molecule is COc1ccnc(C(=O)N[C@H]2COCC[C@H](Cc3ccc(F)cc3)[C@@H](Oc3ccccc3)[C@H](C)OC2=O)c1O. The zero-order valence-electron chi connectivity index (χ0n) is 21.7. The van der Waals surface area contributed by atoms with E-state index in [-0.39, 0.29) is 36.4 Å². The number of aromatic hydroxyl groups is 1. The summed E-state index contributed by atoms with van der Waals surface area (Å²) in [7, 11) is 1.35. The summed E-state index contributed by atoms with van der Waals surface area (Å²) in [5, 5.41) is 12.8. The van der Waals surface area contributed by atoms with Gasteiger partial charge >= 0.3 is 5.97 Å². The van der Waals surface area contributed by atoms with E-state index in [4.69, 9.17) is 18.9 Å². The minimum atomic E-state index is -1.15. The van der Waals surface area contributed by atoms with E-state index in [1.807, 2.05) is 30.3 Å². The van der Waals surface area contributed by atoms with Gasteiger partial charge < -0.3 is 29.4 Å². The quantitative estimate of drug-likeness (QED) is 0.438. The number of aromatic nitrogens is 1. The number of hydrogen-bond acceptors (Lipinski definition) is 8. The fourth-order valence-corrected chi connectivity index (χ4v) is 4.47. The van der Waals surface area contributed by atoms with Crippen LogP contribution >= 0.6 is 0 Å². The van der Waals surface area contributed by atoms with Crippen LogP contribution in [0.3, 0.4) is 0 Å². The van der Waals surface area contributed by atoms with Crippen molar-refractivity contribution in [2.75, 3.05) is 20.3 Å². The van der Waals surface area contributed by atoms with Crippen molar-refractivity contribution >= 4 is 11.9 Å². The van der Waals surface area contributed by atoms with Gasteiger partial charge in [-0.25, -0.2) is 14.2 Å². The number of methoxy groups -OCH3 is 1. The zero-order valence-corrected chi connectivity index (χ0v) is 21.7. The topological polar surface area (TPSA) is 116 Å². The molecule has 0 radical (unpaired) electrons. The van der Waals surface area contributed by atoms with Gasteiger partial charge in [-0.1, -0.05) is 30.3 Å². The first kappa shape index (κ1) is 27.8. The third kappa shape index (κ3) is 7.23. The van der Waals surface area contributed by atoms with Crippen molar-refractivity contribution in [3.05, 3.63) is 83.9 Å². The maximum absolute atomic E-state index is 13.5. The number of pyridine rings is 1. The number of hydrogen-bond donors (Lipinski definition) is 2. The van der Waals surface area contributed by atoms with E-state index >= 15 is 0 Å². The lowest BCUT2D eigenvalue weighted by atomic mass is 9.88. The highest BCUT2D eigenvalue weighted by Gasteiger charge is 2.35. The van der Waals surface area contributed by atoms with Gasteiger partial charge in [0.2, 0.25) is 0 Å². The van der Waals surface area contributed by atoms with Crippen LogP contribution in [0, 0.1) is 11.7 Å². The number of nitrogens with zero attached hydrogens (tertiary/aromatic N) is 1. The Kier molecular flexibility index (Phi) is 9.32. The van der Waals surface area contributed by atoms with Gasteiger partial charge in [0.15, 0.2) is 23.2 Å². The van der Waals surface area contributed by atoms with Gasteiger partial charge in [-0.05, 0) is 49.6 Å². The molecule has 0 bridgehead atoms. The Balaban J connectivity index is 1.54. The van der Waals surface area contributed by atoms with Crippen molar-refractivity contribution < 1.29 is 38.0 Å². The number of rotatable bonds is 7. The summed E-state index contributed by atoms with van der Waals surface area (Å²) in [4.78, 5) is 30.0. The highest BCUT2D eigenvalue weighted by molar-refractivity contribution is 5.98. The normalized spacial score (nSPS) is 21.9. The number of cyclic esters (lactones) is 1. The average molecular weight is 539 g/mol. The predicted octanol–water partition coefficient (Wildman–Crippen LogP) is 3.69. The third-order valence-electron chi connectivity index (χ3n) is 6.49. The van der Waals surface area contributed by atoms with E-state index in [0.29, 0.717) is 18.6 Å². The lowest BCUT2D eigenvalue weighted by Crippen LogP contribution is -2.49. The second-order valence-corrected chi connectivity index (χ2v) is 9.23. The van der Waals surface area contributed by atoms with Crippen LogP contribution < -0.4 is 14.8 Å². The third-order valence-corrected chi connectivity index (χ3v) is 6.49. The molecule has 0 spiro atoms. The largest absolute Gasteiger partial charge is 0.503 e. The minimum absolute atomic E-state index is 0.0710. The van der Waals surface area contributed by atoms with Gasteiger partial charge in [0.05, 0.1) is 13.7 Å². The van der Waals surface area contributed by atoms with E-state index in [1.54, 1.807) is 19.1 Å². The van der Waals surface area contributed by atoms with Crippen molar-refractivity contribution in [1.29, 1.82) is 0 Å². The molecule has 0 saturated carbocycles. The number of halogens is 1. The summed E-state index contributed by atoms with van der Waals surface area (Å²) in [5.41, 5.74) is 0.617. The second-order valence-electron chi connectivity index (χ2n) is 9.23. The first-order valence-corrected chi connectivity index (χ1v) is 12.6. The Morgan fingerprint density at radius 2 is 1.90 bits per heavy atom. The standard InChI is InChI=1S/C29H31FN2O7/c1-18-27(39-22-6-4-3-5-7-22)20(16-19-8-10-21(30)11-9-19)13-15-37-17-23(29(35)38-18)32-28(34)25-26(33)24(36-2)12-14-31-25/h3-12,14,18,20,23,27,33H,13,15-17H2,1-2H3,(H,32,34)/t18-,20+,23-,27-/m0/s1. The number of benzene rings is 2. The fourth-order valence-electron chi connectivity index (χ4n) is 4.47. The molecule has 206 valence electrons. The maximum atomic E-state index is 13.5. The molecule has 0 aliphatic carbocycles. The van der Waals surface area contributed by atoms with Crippen LogP contribution in [0.5, 0.6) is 17.2 Å². The number of carbonyl (C=O) groups excluding carboxylic acids is 2. The van der Waals surface area contributed by atoms with Gasteiger partial charge in [-0.3, -0.25) is 4.79 Å². The second kappa shape index (κ2) is 13.1. The molecular formula is C29H31FN2O7. The summed E-state index contributed by atoms with van der Waals surface area (Å²) in [6.07, 6.45) is 1.14. The molecule has 4 rings (SSSR count). The first-order valence-electron chi connectivity index (χ1n) is 12.6. The van der Waals surface area contributed by atoms with E-state index in [9.17, 15) is 19.1 Å². The van der Waals surface area contributed by atoms with Crippen LogP contribution in [0.25, 0.3) is 0 Å². The van der Waals surface area contributed by atoms with Gasteiger partial charge in [0, 0.05) is 24.8 Å². The molecule has 39 heavy (non-hydrogen) atoms. The molecule has 1 aromatic heterocycles. The summed E-state index contributed by atoms with van der Waals surface area (Å²) >= 11 is 0. The number of nitrogens with one attached hydrogen (secondary N) is 1. The van der Waals surface area contributed by atoms with Crippen molar-refractivity contribution in [3.8, 4) is 17.2 Å². The van der Waals surface area contributed by atoms with Crippen LogP contribution in [0.1, 0.15) is 29.4 Å². The summed E-state index contributed by atoms with van der Waals surface area (Å²) < 4.78 is 36.4. The van der Waals surface area contributed by atoms with Gasteiger partial charge in [-0.15, -0.1) is 0 Å². The lowest BCUT2D eigenvalue weighted by Gasteiger charge is -2.34. The van der Waals surface area contributed by atoms with Crippen molar-refractivity contribution in [1.82, 2.24) is 10.3 Å². The molecule has 1 aliphatic heterocycles. The molecule has 2 heterocycles. The molecule has 1 aliphatic rings. The number of carbonyl (C=O) groups is 2. The molecule has 2 N–H and O–H groups in total. The molecule has 0 unspecified atom stereocenters.